The van der Waals surface area contributed by atoms with Gasteiger partial charge >= 0.3 is 11.7 Å². The molecule has 0 spiro atoms. The summed E-state index contributed by atoms with van der Waals surface area (Å²) >= 11 is 0. The molecule has 0 aliphatic carbocycles. The molecule has 0 aliphatic rings. The number of nitrogens with two attached hydrogens (primary N) is 1. The van der Waals surface area contributed by atoms with Gasteiger partial charge in [-0.3, -0.25) is 4.57 Å². The summed E-state index contributed by atoms with van der Waals surface area (Å²) in [5, 5.41) is 0. The topological polar surface area (TPSA) is 99.0 Å². The first-order valence-electron chi connectivity index (χ1n) is 7.65. The van der Waals surface area contributed by atoms with Crippen molar-refractivity contribution in [1.82, 2.24) is 24.0 Å². The van der Waals surface area contributed by atoms with E-state index >= 15 is 0 Å². The largest absolute Gasteiger partial charge is 0.382 e. The molecular weight excluding hydrogens is 327 g/mol. The zero-order chi connectivity index (χ0) is 18.1. The number of fused-ring (bicyclic) bond motifs is 1. The van der Waals surface area contributed by atoms with E-state index in [1.54, 1.807) is 26.1 Å². The van der Waals surface area contributed by atoms with Crippen molar-refractivity contribution in [2.45, 2.75) is 13.5 Å². The maximum absolute atomic E-state index is 13.1. The van der Waals surface area contributed by atoms with Crippen LogP contribution < -0.4 is 11.4 Å². The van der Waals surface area contributed by atoms with Crippen LogP contribution in [0.1, 0.15) is 12.5 Å². The Morgan fingerprint density at radius 1 is 1.28 bits per heavy atom. The van der Waals surface area contributed by atoms with Gasteiger partial charge in [-0.1, -0.05) is 12.1 Å². The molecule has 2 aromatic heterocycles. The van der Waals surface area contributed by atoms with Gasteiger partial charge in [-0.05, 0) is 24.6 Å². The van der Waals surface area contributed by atoms with Gasteiger partial charge in [-0.25, -0.2) is 28.5 Å². The molecule has 0 radical (unpaired) electrons. The second kappa shape index (κ2) is 6.34. The maximum Gasteiger partial charge on any atom is 0.339 e. The second-order valence-corrected chi connectivity index (χ2v) is 5.56. The Hall–Kier alpha value is -3.23. The maximum atomic E-state index is 13.1. The lowest BCUT2D eigenvalue weighted by Crippen LogP contribution is -2.38. The van der Waals surface area contributed by atoms with Crippen molar-refractivity contribution in [3.63, 3.8) is 0 Å². The molecule has 3 rings (SSSR count). The Morgan fingerprint density at radius 3 is 2.60 bits per heavy atom. The van der Waals surface area contributed by atoms with E-state index in [4.69, 9.17) is 5.73 Å². The van der Waals surface area contributed by atoms with Crippen LogP contribution in [0.5, 0.6) is 0 Å². The highest BCUT2D eigenvalue weighted by molar-refractivity contribution is 5.92. The van der Waals surface area contributed by atoms with Gasteiger partial charge in [0.25, 0.3) is 0 Å². The monoisotopic (exact) mass is 344 g/mol. The molecule has 0 saturated carbocycles. The summed E-state index contributed by atoms with van der Waals surface area (Å²) in [6.45, 7) is 2.34. The quantitative estimate of drug-likeness (QED) is 0.772. The van der Waals surface area contributed by atoms with Crippen LogP contribution in [0.2, 0.25) is 0 Å². The van der Waals surface area contributed by atoms with E-state index in [0.717, 1.165) is 4.57 Å². The van der Waals surface area contributed by atoms with Gasteiger partial charge in [-0.2, -0.15) is 0 Å². The van der Waals surface area contributed by atoms with Crippen molar-refractivity contribution in [1.29, 1.82) is 0 Å². The zero-order valence-corrected chi connectivity index (χ0v) is 13.8. The van der Waals surface area contributed by atoms with Crippen LogP contribution in [0, 0.1) is 5.82 Å². The van der Waals surface area contributed by atoms with E-state index in [0.29, 0.717) is 12.1 Å². The number of hydrogen-bond donors (Lipinski definition) is 1. The van der Waals surface area contributed by atoms with Crippen molar-refractivity contribution in [2.75, 3.05) is 19.3 Å². The van der Waals surface area contributed by atoms with Crippen LogP contribution in [-0.2, 0) is 6.54 Å². The van der Waals surface area contributed by atoms with Crippen LogP contribution in [0.15, 0.2) is 35.4 Å². The Morgan fingerprint density at radius 2 is 1.96 bits per heavy atom. The Bertz CT molecular complexity index is 992. The fraction of sp³-hybridized carbons (Fsp3) is 0.250. The summed E-state index contributed by atoms with van der Waals surface area (Å²) in [6.07, 6.45) is 1.23. The molecule has 25 heavy (non-hydrogen) atoms. The fourth-order valence-electron chi connectivity index (χ4n) is 2.50. The van der Waals surface area contributed by atoms with Gasteiger partial charge in [0.1, 0.15) is 17.7 Å². The van der Waals surface area contributed by atoms with Crippen molar-refractivity contribution in [2.24, 2.45) is 0 Å². The molecular formula is C16H17FN6O2. The SMILES string of the molecule is CCN(C)C(=O)n1c(=O)n(Cc2ccc(F)cc2)c2ncnc(N)c21. The minimum Gasteiger partial charge on any atom is -0.382 e. The van der Waals surface area contributed by atoms with Crippen molar-refractivity contribution in [3.05, 3.63) is 52.5 Å². The third-order valence-electron chi connectivity index (χ3n) is 3.98. The van der Waals surface area contributed by atoms with E-state index < -0.39 is 11.7 Å². The van der Waals surface area contributed by atoms with Crippen molar-refractivity contribution < 1.29 is 9.18 Å². The highest BCUT2D eigenvalue weighted by Gasteiger charge is 2.23. The molecule has 0 aliphatic heterocycles. The first kappa shape index (κ1) is 16.6. The third kappa shape index (κ3) is 2.84. The molecule has 2 heterocycles. The molecule has 2 N–H and O–H groups in total. The normalized spacial score (nSPS) is 11.0. The van der Waals surface area contributed by atoms with Crippen LogP contribution in [0.4, 0.5) is 15.0 Å². The molecule has 8 nitrogen and oxygen atoms in total. The van der Waals surface area contributed by atoms with Gasteiger partial charge in [-0.15, -0.1) is 0 Å². The van der Waals surface area contributed by atoms with E-state index in [9.17, 15) is 14.0 Å². The molecule has 130 valence electrons. The van der Waals surface area contributed by atoms with Gasteiger partial charge < -0.3 is 10.6 Å². The molecule has 1 amide bonds. The molecule has 3 aromatic rings. The fourth-order valence-corrected chi connectivity index (χ4v) is 2.50. The molecule has 0 atom stereocenters. The number of halogens is 1. The van der Waals surface area contributed by atoms with Crippen molar-refractivity contribution >= 4 is 23.0 Å². The van der Waals surface area contributed by atoms with E-state index in [1.807, 2.05) is 0 Å². The highest BCUT2D eigenvalue weighted by atomic mass is 19.1. The molecule has 0 unspecified atom stereocenters. The number of aromatic nitrogens is 4. The number of hydrogen-bond acceptors (Lipinski definition) is 5. The number of anilines is 1. The standard InChI is InChI=1S/C16H17FN6O2/c1-3-21(2)15(24)23-12-13(18)19-9-20-14(12)22(16(23)25)8-10-4-6-11(17)7-5-10/h4-7,9H,3,8H2,1-2H3,(H2,18,19,20). The molecule has 0 saturated heterocycles. The van der Waals surface area contributed by atoms with Crippen LogP contribution >= 0.6 is 0 Å². The minimum absolute atomic E-state index is 0.0396. The summed E-state index contributed by atoms with van der Waals surface area (Å²) in [5.41, 5.74) is 6.42. The lowest BCUT2D eigenvalue weighted by atomic mass is 10.2. The van der Waals surface area contributed by atoms with E-state index in [1.165, 1.54) is 27.9 Å². The average Bonchev–Trinajstić information content (AvgIpc) is 2.89. The summed E-state index contributed by atoms with van der Waals surface area (Å²) < 4.78 is 15.4. The summed E-state index contributed by atoms with van der Waals surface area (Å²) in [4.78, 5) is 34.8. The average molecular weight is 344 g/mol. The predicted molar refractivity (Wildman–Crippen MR) is 90.8 cm³/mol. The number of nitrogens with zero attached hydrogens (tertiary/aromatic N) is 5. The number of nitrogen functional groups attached to an aromatic ring is 1. The first-order valence-corrected chi connectivity index (χ1v) is 7.65. The van der Waals surface area contributed by atoms with Gasteiger partial charge in [0.15, 0.2) is 11.5 Å². The molecule has 0 fully saturated rings. The smallest absolute Gasteiger partial charge is 0.339 e. The zero-order valence-electron chi connectivity index (χ0n) is 13.8. The highest BCUT2D eigenvalue weighted by Crippen LogP contribution is 2.17. The van der Waals surface area contributed by atoms with E-state index in [2.05, 4.69) is 9.97 Å². The number of imidazole rings is 1. The van der Waals surface area contributed by atoms with Crippen molar-refractivity contribution in [3.8, 4) is 0 Å². The number of rotatable bonds is 3. The van der Waals surface area contributed by atoms with Gasteiger partial charge in [0.2, 0.25) is 0 Å². The van der Waals surface area contributed by atoms with Crippen LogP contribution in [0.3, 0.4) is 0 Å². The number of amides is 1. The summed E-state index contributed by atoms with van der Waals surface area (Å²) in [5.74, 6) is -0.331. The summed E-state index contributed by atoms with van der Waals surface area (Å²) in [6, 6.07) is 5.22. The van der Waals surface area contributed by atoms with E-state index in [-0.39, 0.29) is 29.3 Å². The minimum atomic E-state index is -0.572. The molecule has 1 aromatic carbocycles. The Labute approximate surface area is 142 Å². The van der Waals surface area contributed by atoms with Crippen LogP contribution in [0.25, 0.3) is 11.2 Å². The summed E-state index contributed by atoms with van der Waals surface area (Å²) in [7, 11) is 1.58. The van der Waals surface area contributed by atoms with Crippen LogP contribution in [-0.4, -0.2) is 43.6 Å². The molecule has 0 bridgehead atoms. The predicted octanol–water partition coefficient (Wildman–Crippen LogP) is 1.28. The second-order valence-electron chi connectivity index (χ2n) is 5.56. The first-order chi connectivity index (χ1) is 11.9. The van der Waals surface area contributed by atoms with Gasteiger partial charge in [0.05, 0.1) is 6.54 Å². The number of carbonyl (C=O) groups excluding carboxylic acids is 1. The molecule has 9 heteroatoms. The Kier molecular flexibility index (Phi) is 4.22. The van der Waals surface area contributed by atoms with Gasteiger partial charge in [0, 0.05) is 13.6 Å². The Balaban J connectivity index is 2.21. The third-order valence-corrected chi connectivity index (χ3v) is 3.98. The lowest BCUT2D eigenvalue weighted by molar-refractivity contribution is 0.212. The number of carbonyl (C=O) groups is 1. The number of benzene rings is 1. The lowest BCUT2D eigenvalue weighted by Gasteiger charge is -2.14.